The number of carbonyl (C=O) groups excluding carboxylic acids is 2. The lowest BCUT2D eigenvalue weighted by molar-refractivity contribution is -0.204. The molecule has 0 aliphatic rings. The molecule has 26 heavy (non-hydrogen) atoms. The van der Waals surface area contributed by atoms with Crippen molar-refractivity contribution in [3.05, 3.63) is 48.0 Å². The predicted octanol–water partition coefficient (Wildman–Crippen LogP) is 2.65. The molecule has 10 heteroatoms. The molecule has 7 nitrogen and oxygen atoms in total. The van der Waals surface area contributed by atoms with Gasteiger partial charge in [-0.1, -0.05) is 0 Å². The van der Waals surface area contributed by atoms with Gasteiger partial charge in [-0.25, -0.2) is 9.78 Å². The quantitative estimate of drug-likeness (QED) is 0.599. The number of aromatic nitrogens is 1. The summed E-state index contributed by atoms with van der Waals surface area (Å²) in [6.07, 6.45) is -2.87. The first-order valence-electron chi connectivity index (χ1n) is 7.50. The van der Waals surface area contributed by atoms with Crippen molar-refractivity contribution in [2.75, 3.05) is 11.9 Å². The molecule has 1 amide bonds. The van der Waals surface area contributed by atoms with E-state index >= 15 is 0 Å². The minimum Gasteiger partial charge on any atom is -0.463 e. The number of nitrogens with one attached hydrogen (secondary N) is 2. The predicted molar refractivity (Wildman–Crippen MR) is 84.2 cm³/mol. The summed E-state index contributed by atoms with van der Waals surface area (Å²) >= 11 is 0. The summed E-state index contributed by atoms with van der Waals surface area (Å²) in [6.45, 7) is 2.66. The Kier molecular flexibility index (Phi) is 5.53. The van der Waals surface area contributed by atoms with Gasteiger partial charge in [0.1, 0.15) is 5.82 Å². The van der Waals surface area contributed by atoms with Gasteiger partial charge in [-0.2, -0.15) is 13.2 Å². The number of pyridine rings is 1. The molecule has 0 radical (unpaired) electrons. The van der Waals surface area contributed by atoms with Crippen LogP contribution in [0.3, 0.4) is 0 Å². The van der Waals surface area contributed by atoms with Gasteiger partial charge in [0.25, 0.3) is 5.91 Å². The van der Waals surface area contributed by atoms with Gasteiger partial charge in [-0.05, 0) is 43.7 Å². The molecule has 1 unspecified atom stereocenters. The first kappa shape index (κ1) is 19.3. The molecule has 0 aliphatic heterocycles. The maximum Gasteiger partial charge on any atom is 0.441 e. The highest BCUT2D eigenvalue weighted by atomic mass is 19.4. The number of carbonyl (C=O) groups is 2. The third-order valence-corrected chi connectivity index (χ3v) is 3.28. The van der Waals surface area contributed by atoms with E-state index in [9.17, 15) is 22.8 Å². The third kappa shape index (κ3) is 3.95. The second-order valence-corrected chi connectivity index (χ2v) is 5.24. The van der Waals surface area contributed by atoms with E-state index in [2.05, 4.69) is 9.72 Å². The molecule has 0 aromatic carbocycles. The van der Waals surface area contributed by atoms with Crippen molar-refractivity contribution in [1.82, 2.24) is 10.3 Å². The maximum absolute atomic E-state index is 13.9. The Morgan fingerprint density at radius 1 is 1.31 bits per heavy atom. The highest BCUT2D eigenvalue weighted by molar-refractivity contribution is 5.97. The first-order chi connectivity index (χ1) is 12.2. The Morgan fingerprint density at radius 2 is 2.04 bits per heavy atom. The van der Waals surface area contributed by atoms with Gasteiger partial charge in [0.15, 0.2) is 5.76 Å². The van der Waals surface area contributed by atoms with E-state index in [1.807, 2.05) is 5.32 Å². The van der Waals surface area contributed by atoms with E-state index in [-0.39, 0.29) is 12.4 Å². The van der Waals surface area contributed by atoms with E-state index in [1.54, 1.807) is 18.3 Å². The second kappa shape index (κ2) is 7.46. The molecular weight excluding hydrogens is 355 g/mol. The van der Waals surface area contributed by atoms with Gasteiger partial charge in [0.2, 0.25) is 0 Å². The summed E-state index contributed by atoms with van der Waals surface area (Å²) < 4.78 is 51.1. The monoisotopic (exact) mass is 371 g/mol. The molecule has 0 spiro atoms. The lowest BCUT2D eigenvalue weighted by atomic mass is 10.1. The van der Waals surface area contributed by atoms with Gasteiger partial charge in [0.05, 0.1) is 12.9 Å². The lowest BCUT2D eigenvalue weighted by Crippen LogP contribution is -2.69. The highest BCUT2D eigenvalue weighted by Crippen LogP contribution is 2.33. The van der Waals surface area contributed by atoms with Crippen LogP contribution in [0.15, 0.2) is 41.1 Å². The van der Waals surface area contributed by atoms with Crippen LogP contribution in [0.4, 0.5) is 19.0 Å². The summed E-state index contributed by atoms with van der Waals surface area (Å²) in [5, 5.41) is 3.61. The van der Waals surface area contributed by atoms with E-state index in [0.29, 0.717) is 5.56 Å². The Balaban J connectivity index is 2.49. The number of alkyl halides is 3. The number of amides is 1. The normalized spacial score (nSPS) is 13.6. The van der Waals surface area contributed by atoms with Crippen LogP contribution >= 0.6 is 0 Å². The van der Waals surface area contributed by atoms with Crippen LogP contribution in [-0.2, 0) is 9.53 Å². The topological polar surface area (TPSA) is 93.5 Å². The largest absolute Gasteiger partial charge is 0.463 e. The summed E-state index contributed by atoms with van der Waals surface area (Å²) in [5.41, 5.74) is -2.95. The van der Waals surface area contributed by atoms with Crippen LogP contribution in [0.5, 0.6) is 0 Å². The van der Waals surface area contributed by atoms with E-state index in [0.717, 1.165) is 12.3 Å². The number of esters is 1. The number of hydrogen-bond donors (Lipinski definition) is 2. The number of halogens is 3. The lowest BCUT2D eigenvalue weighted by Gasteiger charge is -2.34. The fourth-order valence-electron chi connectivity index (χ4n) is 2.07. The number of rotatable bonds is 6. The minimum atomic E-state index is -5.24. The SMILES string of the molecule is CCOC(=O)C(NC(=O)c1ccco1)(Nc1cc(C)ccn1)C(F)(F)F. The zero-order valence-corrected chi connectivity index (χ0v) is 13.9. The number of anilines is 1. The van der Waals surface area contributed by atoms with Crippen molar-refractivity contribution in [3.8, 4) is 0 Å². The van der Waals surface area contributed by atoms with Crippen LogP contribution in [0.25, 0.3) is 0 Å². The maximum atomic E-state index is 13.9. The summed E-state index contributed by atoms with van der Waals surface area (Å²) in [4.78, 5) is 28.1. The van der Waals surface area contributed by atoms with Crippen LogP contribution in [0, 0.1) is 6.92 Å². The van der Waals surface area contributed by atoms with E-state index in [4.69, 9.17) is 4.42 Å². The van der Waals surface area contributed by atoms with Crippen LogP contribution in [-0.4, -0.2) is 35.3 Å². The second-order valence-electron chi connectivity index (χ2n) is 5.24. The van der Waals surface area contributed by atoms with Crippen molar-refractivity contribution < 1.29 is 31.9 Å². The summed E-state index contributed by atoms with van der Waals surface area (Å²) in [5.74, 6) is -3.65. The van der Waals surface area contributed by atoms with Crippen LogP contribution in [0.2, 0.25) is 0 Å². The van der Waals surface area contributed by atoms with Gasteiger partial charge < -0.3 is 19.8 Å². The molecule has 0 bridgehead atoms. The first-order valence-corrected chi connectivity index (χ1v) is 7.50. The summed E-state index contributed by atoms with van der Waals surface area (Å²) in [6, 6.07) is 5.33. The van der Waals surface area contributed by atoms with Crippen molar-refractivity contribution in [3.63, 3.8) is 0 Å². The molecule has 140 valence electrons. The van der Waals surface area contributed by atoms with Crippen LogP contribution in [0.1, 0.15) is 23.0 Å². The molecule has 2 aromatic rings. The average Bonchev–Trinajstić information content (AvgIpc) is 3.07. The van der Waals surface area contributed by atoms with Crippen molar-refractivity contribution >= 4 is 17.7 Å². The number of furan rings is 1. The molecule has 0 saturated heterocycles. The molecule has 0 aliphatic carbocycles. The van der Waals surface area contributed by atoms with Gasteiger partial charge in [0, 0.05) is 6.20 Å². The van der Waals surface area contributed by atoms with E-state index < -0.39 is 29.5 Å². The van der Waals surface area contributed by atoms with Crippen molar-refractivity contribution in [2.45, 2.75) is 25.7 Å². The zero-order valence-electron chi connectivity index (χ0n) is 13.9. The molecular formula is C16H16F3N3O4. The van der Waals surface area contributed by atoms with Gasteiger partial charge in [-0.3, -0.25) is 4.79 Å². The Labute approximate surface area is 146 Å². The Hall–Kier alpha value is -3.04. The number of ether oxygens (including phenoxy) is 1. The minimum absolute atomic E-state index is 0.268. The summed E-state index contributed by atoms with van der Waals surface area (Å²) in [7, 11) is 0. The zero-order chi connectivity index (χ0) is 19.4. The average molecular weight is 371 g/mol. The smallest absolute Gasteiger partial charge is 0.441 e. The van der Waals surface area contributed by atoms with Crippen molar-refractivity contribution in [2.24, 2.45) is 0 Å². The highest BCUT2D eigenvalue weighted by Gasteiger charge is 2.64. The van der Waals surface area contributed by atoms with Gasteiger partial charge in [-0.15, -0.1) is 0 Å². The Bertz CT molecular complexity index is 777. The molecule has 2 heterocycles. The molecule has 0 fully saturated rings. The third-order valence-electron chi connectivity index (χ3n) is 3.28. The standard InChI is InChI=1S/C16H16F3N3O4/c1-3-25-14(24)15(16(17,18)19,21-12-9-10(2)6-7-20-12)22-13(23)11-5-4-8-26-11/h4-9H,3H2,1-2H3,(H,20,21)(H,22,23). The van der Waals surface area contributed by atoms with Crippen LogP contribution < -0.4 is 10.6 Å². The molecule has 2 aromatic heterocycles. The number of nitrogens with zero attached hydrogens (tertiary/aromatic N) is 1. The van der Waals surface area contributed by atoms with Gasteiger partial charge >= 0.3 is 17.8 Å². The fourth-order valence-corrected chi connectivity index (χ4v) is 2.07. The van der Waals surface area contributed by atoms with E-state index in [1.165, 1.54) is 25.3 Å². The molecule has 1 atom stereocenters. The molecule has 2 rings (SSSR count). The number of aryl methyl sites for hydroxylation is 1. The van der Waals surface area contributed by atoms with Crippen molar-refractivity contribution in [1.29, 1.82) is 0 Å². The Morgan fingerprint density at radius 3 is 2.58 bits per heavy atom. The molecule has 0 saturated carbocycles. The molecule has 2 N–H and O–H groups in total. The fraction of sp³-hybridized carbons (Fsp3) is 0.312. The number of hydrogen-bond acceptors (Lipinski definition) is 6.